The second-order valence-corrected chi connectivity index (χ2v) is 6.84. The highest BCUT2D eigenvalue weighted by atomic mass is 16.5. The van der Waals surface area contributed by atoms with Crippen LogP contribution in [-0.4, -0.2) is 55.1 Å². The molecular weight excluding hydrogens is 358 g/mol. The van der Waals surface area contributed by atoms with Gasteiger partial charge in [-0.25, -0.2) is 14.0 Å². The maximum atomic E-state index is 5.62. The molecule has 0 aliphatic heterocycles. The number of nitrogens with one attached hydrogen (secondary N) is 1. The smallest absolute Gasteiger partial charge is 0.244 e. The van der Waals surface area contributed by atoms with Gasteiger partial charge in [-0.3, -0.25) is 0 Å². The number of fused-ring (bicyclic) bond motifs is 2. The summed E-state index contributed by atoms with van der Waals surface area (Å²) in [5.74, 6) is 1.08. The van der Waals surface area contributed by atoms with Crippen LogP contribution in [0.3, 0.4) is 0 Å². The van der Waals surface area contributed by atoms with Crippen LogP contribution in [0.2, 0.25) is 0 Å². The van der Waals surface area contributed by atoms with E-state index in [0.29, 0.717) is 24.0 Å². The maximum Gasteiger partial charge on any atom is 0.244 e. The molecule has 1 aliphatic rings. The number of hydrogen-bond donors (Lipinski definition) is 1. The van der Waals surface area contributed by atoms with Crippen LogP contribution in [0, 0.1) is 0 Å². The Labute approximate surface area is 161 Å². The van der Waals surface area contributed by atoms with Gasteiger partial charge in [0.25, 0.3) is 0 Å². The summed E-state index contributed by atoms with van der Waals surface area (Å²) in [6.07, 6.45) is 7.65. The molecule has 0 saturated heterocycles. The minimum atomic E-state index is 0.323. The minimum Gasteiger partial charge on any atom is -0.479 e. The fourth-order valence-electron chi connectivity index (χ4n) is 3.64. The largest absolute Gasteiger partial charge is 0.479 e. The quantitative estimate of drug-likeness (QED) is 0.550. The summed E-state index contributed by atoms with van der Waals surface area (Å²) >= 11 is 0. The predicted octanol–water partition coefficient (Wildman–Crippen LogP) is 2.43. The molecule has 4 aromatic heterocycles. The Morgan fingerprint density at radius 1 is 1.21 bits per heavy atom. The Hall–Kier alpha value is -3.20. The molecule has 4 heterocycles. The summed E-state index contributed by atoms with van der Waals surface area (Å²) in [5, 5.41) is 12.2. The summed E-state index contributed by atoms with van der Waals surface area (Å²) < 4.78 is 14.7. The third-order valence-electron chi connectivity index (χ3n) is 5.09. The topological polar surface area (TPSA) is 90.9 Å². The Morgan fingerprint density at radius 3 is 2.93 bits per heavy atom. The van der Waals surface area contributed by atoms with Gasteiger partial charge >= 0.3 is 0 Å². The van der Waals surface area contributed by atoms with Gasteiger partial charge in [0, 0.05) is 36.2 Å². The zero-order valence-electron chi connectivity index (χ0n) is 15.7. The number of hydrogen-bond acceptors (Lipinski definition) is 7. The van der Waals surface area contributed by atoms with Crippen LogP contribution in [0.5, 0.6) is 5.88 Å². The number of methoxy groups -OCH3 is 1. The molecule has 0 radical (unpaired) electrons. The lowest BCUT2D eigenvalue weighted by molar-refractivity contribution is 0.00282. The number of nitrogens with zero attached hydrogens (tertiary/aromatic N) is 6. The first-order valence-corrected chi connectivity index (χ1v) is 9.36. The molecule has 1 saturated carbocycles. The zero-order chi connectivity index (χ0) is 19.1. The Morgan fingerprint density at radius 2 is 2.11 bits per heavy atom. The van der Waals surface area contributed by atoms with Crippen LogP contribution in [0.4, 0.5) is 5.95 Å². The fourth-order valence-corrected chi connectivity index (χ4v) is 3.64. The van der Waals surface area contributed by atoms with Crippen molar-refractivity contribution in [2.24, 2.45) is 0 Å². The van der Waals surface area contributed by atoms with Crippen molar-refractivity contribution in [3.63, 3.8) is 0 Å². The van der Waals surface area contributed by atoms with Crippen LogP contribution in [0.1, 0.15) is 19.8 Å². The van der Waals surface area contributed by atoms with E-state index < -0.39 is 0 Å². The molecule has 1 fully saturated rings. The molecule has 0 unspecified atom stereocenters. The maximum absolute atomic E-state index is 5.62. The van der Waals surface area contributed by atoms with Crippen LogP contribution in [-0.2, 0) is 4.74 Å². The molecule has 0 aromatic carbocycles. The Bertz CT molecular complexity index is 1130. The van der Waals surface area contributed by atoms with E-state index in [1.54, 1.807) is 16.1 Å². The highest BCUT2D eigenvalue weighted by molar-refractivity contribution is 5.84. The highest BCUT2D eigenvalue weighted by Gasteiger charge is 2.30. The summed E-state index contributed by atoms with van der Waals surface area (Å²) in [5.41, 5.74) is 3.57. The van der Waals surface area contributed by atoms with E-state index in [0.717, 1.165) is 41.7 Å². The predicted molar refractivity (Wildman–Crippen MR) is 104 cm³/mol. The second-order valence-electron chi connectivity index (χ2n) is 6.84. The molecule has 9 nitrogen and oxygen atoms in total. The lowest BCUT2D eigenvalue weighted by Gasteiger charge is -2.35. The van der Waals surface area contributed by atoms with Crippen molar-refractivity contribution in [2.45, 2.75) is 31.9 Å². The SMILES string of the molecule is CCO[C@H]1C[C@@H](Nc2nc(OC)c3c(-c4ccc5ncnn5c4)ccn3n2)C1. The number of rotatable bonds is 6. The van der Waals surface area contributed by atoms with Gasteiger partial charge in [0.15, 0.2) is 5.65 Å². The lowest BCUT2D eigenvalue weighted by Crippen LogP contribution is -2.41. The van der Waals surface area contributed by atoms with E-state index in [-0.39, 0.29) is 0 Å². The monoisotopic (exact) mass is 379 g/mol. The molecule has 0 bridgehead atoms. The van der Waals surface area contributed by atoms with Gasteiger partial charge in [-0.1, -0.05) is 0 Å². The third-order valence-corrected chi connectivity index (χ3v) is 5.09. The average Bonchev–Trinajstić information content (AvgIpc) is 3.31. The molecule has 1 aliphatic carbocycles. The summed E-state index contributed by atoms with van der Waals surface area (Å²) in [6, 6.07) is 6.26. The fraction of sp³-hybridized carbons (Fsp3) is 0.368. The number of aromatic nitrogens is 6. The van der Waals surface area contributed by atoms with Gasteiger partial charge in [-0.2, -0.15) is 10.1 Å². The van der Waals surface area contributed by atoms with Gasteiger partial charge in [0.2, 0.25) is 11.8 Å². The van der Waals surface area contributed by atoms with Crippen molar-refractivity contribution in [3.05, 3.63) is 36.9 Å². The molecule has 0 atom stereocenters. The highest BCUT2D eigenvalue weighted by Crippen LogP contribution is 2.32. The second kappa shape index (κ2) is 6.75. The summed E-state index contributed by atoms with van der Waals surface area (Å²) in [4.78, 5) is 8.77. The van der Waals surface area contributed by atoms with Crippen molar-refractivity contribution in [1.82, 2.24) is 29.2 Å². The van der Waals surface area contributed by atoms with Gasteiger partial charge < -0.3 is 14.8 Å². The van der Waals surface area contributed by atoms with Gasteiger partial charge in [-0.15, -0.1) is 5.10 Å². The van der Waals surface area contributed by atoms with Gasteiger partial charge in [0.05, 0.1) is 13.2 Å². The number of ether oxygens (including phenoxy) is 2. The number of anilines is 1. The van der Waals surface area contributed by atoms with E-state index in [1.807, 2.05) is 37.5 Å². The molecule has 9 heteroatoms. The Balaban J connectivity index is 1.47. The van der Waals surface area contributed by atoms with Crippen LogP contribution in [0.25, 0.3) is 22.3 Å². The molecule has 28 heavy (non-hydrogen) atoms. The summed E-state index contributed by atoms with van der Waals surface area (Å²) in [7, 11) is 1.62. The van der Waals surface area contributed by atoms with Gasteiger partial charge in [-0.05, 0) is 38.0 Å². The zero-order valence-corrected chi connectivity index (χ0v) is 15.7. The van der Waals surface area contributed by atoms with Crippen LogP contribution < -0.4 is 10.1 Å². The van der Waals surface area contributed by atoms with Crippen molar-refractivity contribution in [3.8, 4) is 17.0 Å². The molecule has 4 aromatic rings. The third kappa shape index (κ3) is 2.84. The van der Waals surface area contributed by atoms with E-state index in [1.165, 1.54) is 6.33 Å². The molecule has 0 spiro atoms. The number of pyridine rings is 1. The van der Waals surface area contributed by atoms with Crippen LogP contribution >= 0.6 is 0 Å². The van der Waals surface area contributed by atoms with Crippen molar-refractivity contribution >= 4 is 17.1 Å². The molecular formula is C19H21N7O2. The molecule has 0 amide bonds. The standard InChI is InChI=1S/C19H21N7O2/c1-3-28-14-8-13(9-14)22-19-23-18(27-2)17-15(6-7-25(17)24-19)12-4-5-16-20-11-21-26(16)10-12/h4-7,10-11,13-14H,3,8-9H2,1-2H3,(H,22,24)/t13-,14+. The molecule has 5 rings (SSSR count). The van der Waals surface area contributed by atoms with Crippen molar-refractivity contribution in [2.75, 3.05) is 19.0 Å². The van der Waals surface area contributed by atoms with Crippen molar-refractivity contribution < 1.29 is 9.47 Å². The van der Waals surface area contributed by atoms with Crippen molar-refractivity contribution in [1.29, 1.82) is 0 Å². The van der Waals surface area contributed by atoms with Gasteiger partial charge in [0.1, 0.15) is 11.8 Å². The van der Waals surface area contributed by atoms with E-state index >= 15 is 0 Å². The normalized spacial score (nSPS) is 19.1. The molecule has 144 valence electrons. The van der Waals surface area contributed by atoms with E-state index in [2.05, 4.69) is 25.5 Å². The average molecular weight is 379 g/mol. The Kier molecular flexibility index (Phi) is 4.09. The first kappa shape index (κ1) is 16.9. The molecule has 1 N–H and O–H groups in total. The first-order chi connectivity index (χ1) is 13.7. The summed E-state index contributed by atoms with van der Waals surface area (Å²) in [6.45, 7) is 2.77. The minimum absolute atomic E-state index is 0.323. The van der Waals surface area contributed by atoms with Crippen LogP contribution in [0.15, 0.2) is 36.9 Å². The first-order valence-electron chi connectivity index (χ1n) is 9.36. The lowest BCUT2D eigenvalue weighted by atomic mass is 9.89. The van der Waals surface area contributed by atoms with E-state index in [4.69, 9.17) is 9.47 Å². The van der Waals surface area contributed by atoms with E-state index in [9.17, 15) is 0 Å².